The molecule has 66 valence electrons. The number of nitrogens with zero attached hydrogens (tertiary/aromatic N) is 1. The quantitative estimate of drug-likeness (QED) is 0.568. The molecule has 1 amide bonds. The molecule has 2 unspecified atom stereocenters. The fourth-order valence-corrected chi connectivity index (χ4v) is 1.80. The van der Waals surface area contributed by atoms with Crippen LogP contribution in [0.1, 0.15) is 0 Å². The Bertz CT molecular complexity index is 251. The molecule has 1 saturated carbocycles. The van der Waals surface area contributed by atoms with Crippen LogP contribution in [-0.4, -0.2) is 29.8 Å². The first kappa shape index (κ1) is 7.71. The number of carbonyl (C=O) groups is 1. The van der Waals surface area contributed by atoms with Gasteiger partial charge in [0.25, 0.3) is 5.92 Å². The number of likely N-dealkylation sites (tertiary alicyclic amines) is 1. The smallest absolute Gasteiger partial charge is 0.265 e. The monoisotopic (exact) mass is 173 g/mol. The molecule has 0 bridgehead atoms. The van der Waals surface area contributed by atoms with Crippen molar-refractivity contribution < 1.29 is 13.6 Å². The summed E-state index contributed by atoms with van der Waals surface area (Å²) in [4.78, 5) is 12.6. The first-order valence-corrected chi connectivity index (χ1v) is 3.86. The van der Waals surface area contributed by atoms with Crippen molar-refractivity contribution in [2.45, 2.75) is 5.92 Å². The molecule has 0 aromatic carbocycles. The fraction of sp³-hybridized carbons (Fsp3) is 0.625. The molecule has 2 atom stereocenters. The van der Waals surface area contributed by atoms with Crippen LogP contribution in [0.3, 0.4) is 0 Å². The zero-order chi connectivity index (χ0) is 8.93. The molecular formula is C8H9F2NO. The Labute approximate surface area is 68.8 Å². The van der Waals surface area contributed by atoms with E-state index < -0.39 is 23.7 Å². The van der Waals surface area contributed by atoms with Crippen molar-refractivity contribution >= 4 is 5.91 Å². The van der Waals surface area contributed by atoms with Crippen molar-refractivity contribution in [2.24, 2.45) is 11.8 Å². The summed E-state index contributed by atoms with van der Waals surface area (Å²) in [7, 11) is 0. The summed E-state index contributed by atoms with van der Waals surface area (Å²) in [5.41, 5.74) is 0. The molecule has 1 heterocycles. The molecule has 0 aromatic heterocycles. The summed E-state index contributed by atoms with van der Waals surface area (Å²) in [6, 6.07) is 0. The van der Waals surface area contributed by atoms with Gasteiger partial charge < -0.3 is 4.90 Å². The number of hydrogen-bond acceptors (Lipinski definition) is 1. The van der Waals surface area contributed by atoms with E-state index in [9.17, 15) is 13.6 Å². The Morgan fingerprint density at radius 1 is 1.75 bits per heavy atom. The van der Waals surface area contributed by atoms with Crippen molar-refractivity contribution in [2.75, 3.05) is 13.1 Å². The second-order valence-corrected chi connectivity index (χ2v) is 3.29. The van der Waals surface area contributed by atoms with Gasteiger partial charge in [-0.3, -0.25) is 4.79 Å². The molecule has 12 heavy (non-hydrogen) atoms. The number of alkyl halides is 2. The lowest BCUT2D eigenvalue weighted by molar-refractivity contribution is -0.133. The van der Waals surface area contributed by atoms with Gasteiger partial charge in [-0.15, -0.1) is 6.58 Å². The number of piperidine rings is 1. The van der Waals surface area contributed by atoms with Gasteiger partial charge in [-0.2, -0.15) is 0 Å². The van der Waals surface area contributed by atoms with Gasteiger partial charge in [0.1, 0.15) is 5.92 Å². The summed E-state index contributed by atoms with van der Waals surface area (Å²) >= 11 is 0. The molecule has 2 fully saturated rings. The van der Waals surface area contributed by atoms with Gasteiger partial charge in [-0.05, 0) is 0 Å². The normalized spacial score (nSPS) is 36.5. The highest BCUT2D eigenvalue weighted by molar-refractivity contribution is 5.86. The highest BCUT2D eigenvalue weighted by Crippen LogP contribution is 2.59. The number of amides is 1. The highest BCUT2D eigenvalue weighted by atomic mass is 19.3. The zero-order valence-corrected chi connectivity index (χ0v) is 6.46. The summed E-state index contributed by atoms with van der Waals surface area (Å²) in [6.07, 6.45) is 1.56. The van der Waals surface area contributed by atoms with E-state index in [1.165, 1.54) is 4.90 Å². The van der Waals surface area contributed by atoms with Crippen LogP contribution in [0.5, 0.6) is 0 Å². The fourth-order valence-electron chi connectivity index (χ4n) is 1.80. The molecule has 0 radical (unpaired) electrons. The van der Waals surface area contributed by atoms with E-state index >= 15 is 0 Å². The highest BCUT2D eigenvalue weighted by Gasteiger charge is 2.76. The van der Waals surface area contributed by atoms with E-state index in [0.717, 1.165) is 0 Å². The third-order valence-corrected chi connectivity index (χ3v) is 2.55. The van der Waals surface area contributed by atoms with Crippen LogP contribution in [0.4, 0.5) is 8.78 Å². The standard InChI is InChI=1S/C8H9F2NO/c1-2-3-11-4-5-6(7(11)12)8(5,9)10/h2,5-6H,1,3-4H2. The number of halogens is 2. The summed E-state index contributed by atoms with van der Waals surface area (Å²) < 4.78 is 25.3. The topological polar surface area (TPSA) is 20.3 Å². The van der Waals surface area contributed by atoms with Gasteiger partial charge in [-0.25, -0.2) is 8.78 Å². The summed E-state index contributed by atoms with van der Waals surface area (Å²) in [6.45, 7) is 4.04. The second kappa shape index (κ2) is 2.06. The van der Waals surface area contributed by atoms with Crippen molar-refractivity contribution in [3.63, 3.8) is 0 Å². The minimum atomic E-state index is -2.71. The predicted octanol–water partition coefficient (Wildman–Crippen LogP) is 0.896. The molecule has 2 rings (SSSR count). The SMILES string of the molecule is C=CCN1CC2C(C1=O)C2(F)F. The molecule has 0 spiro atoms. The van der Waals surface area contributed by atoms with Crippen LogP contribution in [-0.2, 0) is 4.79 Å². The van der Waals surface area contributed by atoms with Crippen LogP contribution >= 0.6 is 0 Å². The lowest BCUT2D eigenvalue weighted by Gasteiger charge is -2.17. The van der Waals surface area contributed by atoms with Crippen molar-refractivity contribution in [3.8, 4) is 0 Å². The Morgan fingerprint density at radius 2 is 2.42 bits per heavy atom. The van der Waals surface area contributed by atoms with E-state index in [1.807, 2.05) is 0 Å². The number of rotatable bonds is 2. The predicted molar refractivity (Wildman–Crippen MR) is 38.7 cm³/mol. The van der Waals surface area contributed by atoms with Gasteiger partial charge >= 0.3 is 0 Å². The largest absolute Gasteiger partial charge is 0.338 e. The van der Waals surface area contributed by atoms with Crippen LogP contribution in [0.2, 0.25) is 0 Å². The van der Waals surface area contributed by atoms with Crippen molar-refractivity contribution in [3.05, 3.63) is 12.7 Å². The Kier molecular flexibility index (Phi) is 1.32. The Hall–Kier alpha value is -0.930. The van der Waals surface area contributed by atoms with Gasteiger partial charge in [0, 0.05) is 13.1 Å². The molecule has 2 aliphatic rings. The van der Waals surface area contributed by atoms with Crippen LogP contribution in [0, 0.1) is 11.8 Å². The van der Waals surface area contributed by atoms with E-state index in [2.05, 4.69) is 6.58 Å². The summed E-state index contributed by atoms with van der Waals surface area (Å²) in [5.74, 6) is -4.86. The van der Waals surface area contributed by atoms with E-state index in [-0.39, 0.29) is 6.54 Å². The molecular weight excluding hydrogens is 164 g/mol. The van der Waals surface area contributed by atoms with E-state index in [0.29, 0.717) is 6.54 Å². The van der Waals surface area contributed by atoms with Crippen LogP contribution in [0.25, 0.3) is 0 Å². The minimum Gasteiger partial charge on any atom is -0.338 e. The van der Waals surface area contributed by atoms with Gasteiger partial charge in [-0.1, -0.05) is 6.08 Å². The number of hydrogen-bond donors (Lipinski definition) is 0. The Morgan fingerprint density at radius 3 is 2.83 bits per heavy atom. The molecule has 0 N–H and O–H groups in total. The zero-order valence-electron chi connectivity index (χ0n) is 6.46. The molecule has 2 nitrogen and oxygen atoms in total. The van der Waals surface area contributed by atoms with Crippen molar-refractivity contribution in [1.29, 1.82) is 0 Å². The number of carbonyl (C=O) groups excluding carboxylic acids is 1. The van der Waals surface area contributed by atoms with Gasteiger partial charge in [0.2, 0.25) is 5.91 Å². The third kappa shape index (κ3) is 0.750. The molecule has 0 aromatic rings. The Balaban J connectivity index is 2.06. The van der Waals surface area contributed by atoms with Crippen LogP contribution in [0.15, 0.2) is 12.7 Å². The van der Waals surface area contributed by atoms with Crippen LogP contribution < -0.4 is 0 Å². The third-order valence-electron chi connectivity index (χ3n) is 2.55. The van der Waals surface area contributed by atoms with Gasteiger partial charge in [0.15, 0.2) is 0 Å². The second-order valence-electron chi connectivity index (χ2n) is 3.29. The lowest BCUT2D eigenvalue weighted by Crippen LogP contribution is -2.32. The first-order valence-electron chi connectivity index (χ1n) is 3.86. The van der Waals surface area contributed by atoms with Gasteiger partial charge in [0.05, 0.1) is 5.92 Å². The maximum atomic E-state index is 12.6. The molecule has 1 aliphatic heterocycles. The summed E-state index contributed by atoms with van der Waals surface area (Å²) in [5, 5.41) is 0. The average Bonchev–Trinajstić information content (AvgIpc) is 2.36. The maximum Gasteiger partial charge on any atom is 0.265 e. The average molecular weight is 173 g/mol. The molecule has 1 saturated heterocycles. The minimum absolute atomic E-state index is 0.197. The van der Waals surface area contributed by atoms with Crippen molar-refractivity contribution in [1.82, 2.24) is 4.90 Å². The maximum absolute atomic E-state index is 12.6. The first-order chi connectivity index (χ1) is 5.59. The number of fused-ring (bicyclic) bond motifs is 1. The van der Waals surface area contributed by atoms with E-state index in [4.69, 9.17) is 0 Å². The molecule has 1 aliphatic carbocycles. The molecule has 4 heteroatoms. The van der Waals surface area contributed by atoms with E-state index in [1.54, 1.807) is 6.08 Å². The lowest BCUT2D eigenvalue weighted by atomic mass is 10.4.